The third kappa shape index (κ3) is 4.95. The Morgan fingerprint density at radius 2 is 1.92 bits per heavy atom. The van der Waals surface area contributed by atoms with E-state index in [1.165, 1.54) is 12.1 Å². The molecule has 0 heterocycles. The van der Waals surface area contributed by atoms with Crippen molar-refractivity contribution in [3.63, 3.8) is 0 Å². The van der Waals surface area contributed by atoms with Crippen molar-refractivity contribution in [2.45, 2.75) is 26.2 Å². The SMILES string of the molecule is CC(C)(C)c1ccccc1OCCNC(=O)c1ccc([N+](=O)[O-])cc1Cl. The third-order valence-electron chi connectivity index (χ3n) is 3.75. The van der Waals surface area contributed by atoms with Gasteiger partial charge in [-0.15, -0.1) is 0 Å². The molecule has 0 saturated heterocycles. The first kappa shape index (κ1) is 19.7. The number of nitro groups is 1. The number of nitro benzene ring substituents is 1. The summed E-state index contributed by atoms with van der Waals surface area (Å²) in [5.74, 6) is 0.375. The Hall–Kier alpha value is -2.60. The summed E-state index contributed by atoms with van der Waals surface area (Å²) in [6.07, 6.45) is 0. The fourth-order valence-corrected chi connectivity index (χ4v) is 2.70. The zero-order valence-corrected chi connectivity index (χ0v) is 15.7. The molecule has 0 fully saturated rings. The predicted molar refractivity (Wildman–Crippen MR) is 101 cm³/mol. The minimum Gasteiger partial charge on any atom is -0.491 e. The summed E-state index contributed by atoms with van der Waals surface area (Å²) in [4.78, 5) is 22.3. The van der Waals surface area contributed by atoms with E-state index in [0.717, 1.165) is 17.4 Å². The number of nitrogens with zero attached hydrogens (tertiary/aromatic N) is 1. The van der Waals surface area contributed by atoms with E-state index in [4.69, 9.17) is 16.3 Å². The maximum atomic E-state index is 12.2. The van der Waals surface area contributed by atoms with Crippen LogP contribution in [0.2, 0.25) is 5.02 Å². The van der Waals surface area contributed by atoms with E-state index in [1.54, 1.807) is 0 Å². The summed E-state index contributed by atoms with van der Waals surface area (Å²) in [5.41, 5.74) is 1.07. The van der Waals surface area contributed by atoms with Crippen molar-refractivity contribution in [2.24, 2.45) is 0 Å². The molecular weight excluding hydrogens is 356 g/mol. The molecule has 1 amide bonds. The number of rotatable bonds is 6. The van der Waals surface area contributed by atoms with Gasteiger partial charge >= 0.3 is 0 Å². The Labute approximate surface area is 157 Å². The van der Waals surface area contributed by atoms with Crippen molar-refractivity contribution in [3.8, 4) is 5.75 Å². The van der Waals surface area contributed by atoms with Crippen molar-refractivity contribution >= 4 is 23.2 Å². The number of nitrogens with one attached hydrogen (secondary N) is 1. The van der Waals surface area contributed by atoms with Crippen molar-refractivity contribution in [2.75, 3.05) is 13.2 Å². The van der Waals surface area contributed by atoms with Crippen molar-refractivity contribution < 1.29 is 14.5 Å². The number of carbonyl (C=O) groups excluding carboxylic acids is 1. The van der Waals surface area contributed by atoms with Crippen LogP contribution in [-0.4, -0.2) is 24.0 Å². The van der Waals surface area contributed by atoms with Crippen LogP contribution < -0.4 is 10.1 Å². The molecule has 0 unspecified atom stereocenters. The lowest BCUT2D eigenvalue weighted by Crippen LogP contribution is -2.28. The molecule has 0 bridgehead atoms. The van der Waals surface area contributed by atoms with Crippen LogP contribution in [0.25, 0.3) is 0 Å². The first-order valence-electron chi connectivity index (χ1n) is 8.14. The van der Waals surface area contributed by atoms with E-state index < -0.39 is 10.8 Å². The number of hydrogen-bond acceptors (Lipinski definition) is 4. The number of non-ortho nitro benzene ring substituents is 1. The fraction of sp³-hybridized carbons (Fsp3) is 0.316. The lowest BCUT2D eigenvalue weighted by atomic mass is 9.86. The van der Waals surface area contributed by atoms with Gasteiger partial charge in [-0.05, 0) is 23.1 Å². The molecule has 6 nitrogen and oxygen atoms in total. The highest BCUT2D eigenvalue weighted by molar-refractivity contribution is 6.34. The lowest BCUT2D eigenvalue weighted by Gasteiger charge is -2.22. The van der Waals surface area contributed by atoms with Gasteiger partial charge < -0.3 is 10.1 Å². The Kier molecular flexibility index (Phi) is 6.21. The second-order valence-electron chi connectivity index (χ2n) is 6.77. The minimum atomic E-state index is -0.561. The first-order chi connectivity index (χ1) is 12.2. The number of hydrogen-bond donors (Lipinski definition) is 1. The monoisotopic (exact) mass is 376 g/mol. The number of halogens is 1. The molecule has 0 aliphatic heterocycles. The van der Waals surface area contributed by atoms with Crippen LogP contribution in [0.5, 0.6) is 5.75 Å². The normalized spacial score (nSPS) is 11.1. The summed E-state index contributed by atoms with van der Waals surface area (Å²) >= 11 is 5.95. The van der Waals surface area contributed by atoms with Crippen molar-refractivity contribution in [3.05, 3.63) is 68.7 Å². The minimum absolute atomic E-state index is 0.0377. The predicted octanol–water partition coefficient (Wildman–Crippen LogP) is 4.35. The maximum Gasteiger partial charge on any atom is 0.270 e. The van der Waals surface area contributed by atoms with Gasteiger partial charge in [-0.3, -0.25) is 14.9 Å². The van der Waals surface area contributed by atoms with Gasteiger partial charge in [0.15, 0.2) is 0 Å². The van der Waals surface area contributed by atoms with Gasteiger partial charge in [0.2, 0.25) is 0 Å². The van der Waals surface area contributed by atoms with E-state index in [1.807, 2.05) is 24.3 Å². The fourth-order valence-electron chi connectivity index (χ4n) is 2.43. The number of carbonyl (C=O) groups is 1. The average molecular weight is 377 g/mol. The first-order valence-corrected chi connectivity index (χ1v) is 8.52. The largest absolute Gasteiger partial charge is 0.491 e. The number of amides is 1. The summed E-state index contributed by atoms with van der Waals surface area (Å²) in [6, 6.07) is 11.5. The zero-order valence-electron chi connectivity index (χ0n) is 14.9. The van der Waals surface area contributed by atoms with Gasteiger partial charge in [-0.2, -0.15) is 0 Å². The number of para-hydroxylation sites is 1. The highest BCUT2D eigenvalue weighted by Crippen LogP contribution is 2.30. The highest BCUT2D eigenvalue weighted by Gasteiger charge is 2.18. The van der Waals surface area contributed by atoms with Gasteiger partial charge in [0.1, 0.15) is 12.4 Å². The molecule has 2 aromatic rings. The van der Waals surface area contributed by atoms with Crippen LogP contribution >= 0.6 is 11.6 Å². The topological polar surface area (TPSA) is 81.5 Å². The van der Waals surface area contributed by atoms with Gasteiger partial charge in [0.05, 0.1) is 22.1 Å². The van der Waals surface area contributed by atoms with E-state index in [2.05, 4.69) is 26.1 Å². The summed E-state index contributed by atoms with van der Waals surface area (Å²) in [7, 11) is 0. The molecule has 0 spiro atoms. The van der Waals surface area contributed by atoms with E-state index in [-0.39, 0.29) is 28.2 Å². The van der Waals surface area contributed by atoms with Crippen molar-refractivity contribution in [1.29, 1.82) is 0 Å². The second-order valence-corrected chi connectivity index (χ2v) is 7.18. The van der Waals surface area contributed by atoms with Crippen molar-refractivity contribution in [1.82, 2.24) is 5.32 Å². The molecule has 138 valence electrons. The Bertz CT molecular complexity index is 815. The Balaban J connectivity index is 1.93. The second kappa shape index (κ2) is 8.19. The van der Waals surface area contributed by atoms with Crippen LogP contribution in [0.4, 0.5) is 5.69 Å². The molecule has 7 heteroatoms. The Morgan fingerprint density at radius 1 is 1.23 bits per heavy atom. The maximum absolute atomic E-state index is 12.2. The van der Waals surface area contributed by atoms with Crippen LogP contribution in [0, 0.1) is 10.1 Å². The lowest BCUT2D eigenvalue weighted by molar-refractivity contribution is -0.384. The van der Waals surface area contributed by atoms with Crippen LogP contribution in [0.15, 0.2) is 42.5 Å². The smallest absolute Gasteiger partial charge is 0.270 e. The molecule has 0 atom stereocenters. The average Bonchev–Trinajstić information content (AvgIpc) is 2.57. The van der Waals surface area contributed by atoms with Gasteiger partial charge in [0, 0.05) is 12.1 Å². The zero-order chi connectivity index (χ0) is 19.3. The Morgan fingerprint density at radius 3 is 2.54 bits per heavy atom. The van der Waals surface area contributed by atoms with E-state index in [0.29, 0.717) is 6.61 Å². The molecule has 0 radical (unpaired) electrons. The molecule has 0 aromatic heterocycles. The molecule has 0 aliphatic rings. The molecule has 2 aromatic carbocycles. The molecule has 1 N–H and O–H groups in total. The van der Waals surface area contributed by atoms with Gasteiger partial charge in [-0.1, -0.05) is 50.6 Å². The molecular formula is C19H21ClN2O4. The molecule has 26 heavy (non-hydrogen) atoms. The standard InChI is InChI=1S/C19H21ClN2O4/c1-19(2,3)15-6-4-5-7-17(15)26-11-10-21-18(23)14-9-8-13(22(24)25)12-16(14)20/h4-9,12H,10-11H2,1-3H3,(H,21,23). The summed E-state index contributed by atoms with van der Waals surface area (Å²) < 4.78 is 5.79. The number of ether oxygens (including phenoxy) is 1. The van der Waals surface area contributed by atoms with Crippen LogP contribution in [0.1, 0.15) is 36.7 Å². The van der Waals surface area contributed by atoms with Gasteiger partial charge in [-0.25, -0.2) is 0 Å². The van der Waals surface area contributed by atoms with Crippen LogP contribution in [-0.2, 0) is 5.41 Å². The van der Waals surface area contributed by atoms with E-state index >= 15 is 0 Å². The van der Waals surface area contributed by atoms with Gasteiger partial charge in [0.25, 0.3) is 11.6 Å². The third-order valence-corrected chi connectivity index (χ3v) is 4.06. The number of benzene rings is 2. The molecule has 2 rings (SSSR count). The van der Waals surface area contributed by atoms with E-state index in [9.17, 15) is 14.9 Å². The summed E-state index contributed by atoms with van der Waals surface area (Å²) in [6.45, 7) is 6.89. The molecule has 0 saturated carbocycles. The van der Waals surface area contributed by atoms with Crippen LogP contribution in [0.3, 0.4) is 0 Å². The molecule has 0 aliphatic carbocycles. The highest BCUT2D eigenvalue weighted by atomic mass is 35.5. The summed E-state index contributed by atoms with van der Waals surface area (Å²) in [5, 5.41) is 13.4. The quantitative estimate of drug-likeness (QED) is 0.461.